The average molecular weight is 256 g/mol. The van der Waals surface area contributed by atoms with Crippen molar-refractivity contribution in [1.29, 1.82) is 0 Å². The van der Waals surface area contributed by atoms with Crippen LogP contribution in [0.4, 0.5) is 0 Å². The number of hydrogen-bond donors (Lipinski definition) is 0. The van der Waals surface area contributed by atoms with Crippen molar-refractivity contribution >= 4 is 38.3 Å². The largest absolute Gasteiger partial charge is 0.0837 e. The van der Waals surface area contributed by atoms with Crippen molar-refractivity contribution in [3.8, 4) is 0 Å². The van der Waals surface area contributed by atoms with Crippen LogP contribution in [0.15, 0.2) is 34.8 Å². The van der Waals surface area contributed by atoms with Gasteiger partial charge in [-0.1, -0.05) is 45.7 Å². The van der Waals surface area contributed by atoms with E-state index in [-0.39, 0.29) is 0 Å². The van der Waals surface area contributed by atoms with Gasteiger partial charge in [0.05, 0.1) is 0 Å². The highest BCUT2D eigenvalue weighted by atomic mass is 79.9. The molecule has 66 valence electrons. The molecule has 0 saturated heterocycles. The normalized spacial score (nSPS) is 10.7. The zero-order valence-corrected chi connectivity index (χ0v) is 9.48. The van der Waals surface area contributed by atoms with Gasteiger partial charge in [0.15, 0.2) is 0 Å². The van der Waals surface area contributed by atoms with E-state index in [9.17, 15) is 0 Å². The van der Waals surface area contributed by atoms with E-state index in [0.717, 1.165) is 14.9 Å². The molecule has 2 aromatic carbocycles. The third-order valence-corrected chi connectivity index (χ3v) is 3.40. The van der Waals surface area contributed by atoms with Crippen LogP contribution in [0.5, 0.6) is 0 Å². The summed E-state index contributed by atoms with van der Waals surface area (Å²) in [6.45, 7) is 2.09. The Hall–Kier alpha value is -0.530. The molecule has 0 nitrogen and oxygen atoms in total. The molecule has 0 N–H and O–H groups in total. The predicted octanol–water partition coefficient (Wildman–Crippen LogP) is 4.56. The summed E-state index contributed by atoms with van der Waals surface area (Å²) in [4.78, 5) is 0. The zero-order chi connectivity index (χ0) is 9.42. The number of benzene rings is 2. The maximum absolute atomic E-state index is 6.07. The van der Waals surface area contributed by atoms with Crippen molar-refractivity contribution in [2.24, 2.45) is 0 Å². The highest BCUT2D eigenvalue weighted by Gasteiger charge is 2.02. The van der Waals surface area contributed by atoms with E-state index in [4.69, 9.17) is 11.6 Å². The molecule has 0 radical (unpaired) electrons. The number of hydrogen-bond acceptors (Lipinski definition) is 0. The summed E-state index contributed by atoms with van der Waals surface area (Å²) in [6.07, 6.45) is 0. The van der Waals surface area contributed by atoms with Gasteiger partial charge in [0.2, 0.25) is 0 Å². The minimum Gasteiger partial charge on any atom is -0.0837 e. The molecule has 0 amide bonds. The Morgan fingerprint density at radius 3 is 2.62 bits per heavy atom. The topological polar surface area (TPSA) is 0 Å². The van der Waals surface area contributed by atoms with Gasteiger partial charge in [0.1, 0.15) is 0 Å². The van der Waals surface area contributed by atoms with E-state index < -0.39 is 0 Å². The van der Waals surface area contributed by atoms with E-state index in [1.165, 1.54) is 10.9 Å². The van der Waals surface area contributed by atoms with Crippen LogP contribution < -0.4 is 0 Å². The third-order valence-electron chi connectivity index (χ3n) is 2.21. The molecule has 0 aliphatic carbocycles. The molecule has 2 rings (SSSR count). The van der Waals surface area contributed by atoms with Crippen molar-refractivity contribution in [1.82, 2.24) is 0 Å². The maximum Gasteiger partial charge on any atom is 0.0484 e. The van der Waals surface area contributed by atoms with E-state index in [0.29, 0.717) is 0 Å². The number of aryl methyl sites for hydroxylation is 1. The summed E-state index contributed by atoms with van der Waals surface area (Å²) in [5.41, 5.74) is 1.24. The summed E-state index contributed by atoms with van der Waals surface area (Å²) in [6, 6.07) is 10.0. The highest BCUT2D eigenvalue weighted by Crippen LogP contribution is 2.29. The van der Waals surface area contributed by atoms with Crippen LogP contribution in [0.25, 0.3) is 10.8 Å². The molecular weight excluding hydrogens is 247 g/mol. The van der Waals surface area contributed by atoms with Crippen LogP contribution in [0, 0.1) is 6.92 Å². The summed E-state index contributed by atoms with van der Waals surface area (Å²) >= 11 is 9.56. The lowest BCUT2D eigenvalue weighted by Crippen LogP contribution is -1.80. The van der Waals surface area contributed by atoms with Crippen molar-refractivity contribution < 1.29 is 0 Å². The van der Waals surface area contributed by atoms with Crippen molar-refractivity contribution in [2.45, 2.75) is 6.92 Å². The molecule has 0 bridgehead atoms. The van der Waals surface area contributed by atoms with Gasteiger partial charge >= 0.3 is 0 Å². The fourth-order valence-corrected chi connectivity index (χ4v) is 2.03. The van der Waals surface area contributed by atoms with Gasteiger partial charge in [0, 0.05) is 14.9 Å². The van der Waals surface area contributed by atoms with E-state index in [1.54, 1.807) is 0 Å². The number of rotatable bonds is 0. The first-order chi connectivity index (χ1) is 6.20. The Balaban J connectivity index is 2.94. The van der Waals surface area contributed by atoms with Gasteiger partial charge in [-0.15, -0.1) is 0 Å². The number of halogens is 2. The molecule has 0 fully saturated rings. The molecule has 0 saturated carbocycles. The average Bonchev–Trinajstić information content (AvgIpc) is 2.12. The predicted molar refractivity (Wildman–Crippen MR) is 61.4 cm³/mol. The lowest BCUT2D eigenvalue weighted by molar-refractivity contribution is 1.49. The molecule has 0 aliphatic heterocycles. The summed E-state index contributed by atoms with van der Waals surface area (Å²) in [5, 5.41) is 3.14. The van der Waals surface area contributed by atoms with Crippen LogP contribution in [-0.2, 0) is 0 Å². The summed E-state index contributed by atoms with van der Waals surface area (Å²) in [7, 11) is 0. The van der Waals surface area contributed by atoms with Crippen LogP contribution in [0.1, 0.15) is 5.56 Å². The second-order valence-corrected chi connectivity index (χ2v) is 4.27. The molecule has 0 atom stereocenters. The quantitative estimate of drug-likeness (QED) is 0.647. The molecule has 0 aromatic heterocycles. The lowest BCUT2D eigenvalue weighted by Gasteiger charge is -2.05. The highest BCUT2D eigenvalue weighted by molar-refractivity contribution is 9.10. The maximum atomic E-state index is 6.07. The molecule has 0 unspecified atom stereocenters. The van der Waals surface area contributed by atoms with Gasteiger partial charge in [-0.2, -0.15) is 0 Å². The van der Waals surface area contributed by atoms with Gasteiger partial charge < -0.3 is 0 Å². The number of fused-ring (bicyclic) bond motifs is 1. The molecular formula is C11H8BrCl. The first-order valence-electron chi connectivity index (χ1n) is 4.03. The molecule has 0 heterocycles. The van der Waals surface area contributed by atoms with Crippen LogP contribution in [-0.4, -0.2) is 0 Å². The smallest absolute Gasteiger partial charge is 0.0484 e. The zero-order valence-electron chi connectivity index (χ0n) is 7.14. The van der Waals surface area contributed by atoms with Gasteiger partial charge in [-0.05, 0) is 30.0 Å². The minimum absolute atomic E-state index is 0.813. The first kappa shape index (κ1) is 9.04. The van der Waals surface area contributed by atoms with E-state index in [1.807, 2.05) is 24.3 Å². The Morgan fingerprint density at radius 1 is 1.08 bits per heavy atom. The van der Waals surface area contributed by atoms with Crippen LogP contribution in [0.3, 0.4) is 0 Å². The second kappa shape index (κ2) is 3.32. The lowest BCUT2D eigenvalue weighted by atomic mass is 10.1. The first-order valence-corrected chi connectivity index (χ1v) is 5.20. The molecule has 0 aliphatic rings. The Labute approximate surface area is 90.6 Å². The van der Waals surface area contributed by atoms with Crippen molar-refractivity contribution in [3.05, 3.63) is 45.4 Å². The monoisotopic (exact) mass is 254 g/mol. The van der Waals surface area contributed by atoms with Crippen LogP contribution in [0.2, 0.25) is 5.02 Å². The SMILES string of the molecule is Cc1c(Br)ccc2c(Cl)cccc12. The Bertz CT molecular complexity index is 463. The van der Waals surface area contributed by atoms with Crippen molar-refractivity contribution in [3.63, 3.8) is 0 Å². The van der Waals surface area contributed by atoms with Gasteiger partial charge in [-0.25, -0.2) is 0 Å². The molecule has 2 heteroatoms. The standard InChI is InChI=1S/C11H8BrCl/c1-7-8-3-2-4-11(13)9(8)5-6-10(7)12/h2-6H,1H3. The van der Waals surface area contributed by atoms with Gasteiger partial charge in [-0.3, -0.25) is 0 Å². The fourth-order valence-electron chi connectivity index (χ4n) is 1.44. The molecule has 2 aromatic rings. The van der Waals surface area contributed by atoms with E-state index >= 15 is 0 Å². The van der Waals surface area contributed by atoms with Crippen LogP contribution >= 0.6 is 27.5 Å². The molecule has 0 spiro atoms. The van der Waals surface area contributed by atoms with E-state index in [2.05, 4.69) is 28.9 Å². The Morgan fingerprint density at radius 2 is 1.85 bits per heavy atom. The van der Waals surface area contributed by atoms with Gasteiger partial charge in [0.25, 0.3) is 0 Å². The minimum atomic E-state index is 0.813. The second-order valence-electron chi connectivity index (χ2n) is 3.01. The summed E-state index contributed by atoms with van der Waals surface area (Å²) < 4.78 is 1.13. The third kappa shape index (κ3) is 1.47. The fraction of sp³-hybridized carbons (Fsp3) is 0.0909. The molecule has 13 heavy (non-hydrogen) atoms. The summed E-state index contributed by atoms with van der Waals surface area (Å²) in [5.74, 6) is 0. The Kier molecular flexibility index (Phi) is 2.31. The van der Waals surface area contributed by atoms with Crippen molar-refractivity contribution in [2.75, 3.05) is 0 Å².